The molecule has 0 aliphatic rings. The topological polar surface area (TPSA) is 66.9 Å². The Morgan fingerprint density at radius 1 is 1.37 bits per heavy atom. The number of aromatic nitrogens is 2. The van der Waals surface area contributed by atoms with Crippen LogP contribution in [0.4, 0.5) is 11.5 Å². The molecular weight excluding hydrogens is 355 g/mol. The molecule has 0 saturated carbocycles. The maximum Gasteiger partial charge on any atom is 0.275 e. The highest BCUT2D eigenvalue weighted by atomic mass is 127. The van der Waals surface area contributed by atoms with Gasteiger partial charge >= 0.3 is 0 Å². The van der Waals surface area contributed by atoms with Gasteiger partial charge in [0.1, 0.15) is 11.5 Å². The van der Waals surface area contributed by atoms with Crippen LogP contribution in [-0.2, 0) is 0 Å². The molecule has 1 aromatic carbocycles. The van der Waals surface area contributed by atoms with E-state index in [0.29, 0.717) is 5.82 Å². The number of hydrogen-bond donors (Lipinski definition) is 2. The molecule has 19 heavy (non-hydrogen) atoms. The predicted octanol–water partition coefficient (Wildman–Crippen LogP) is 2.77. The summed E-state index contributed by atoms with van der Waals surface area (Å²) in [5.74, 6) is 0.326. The van der Waals surface area contributed by atoms with Crippen molar-refractivity contribution in [2.45, 2.75) is 6.92 Å². The van der Waals surface area contributed by atoms with Crippen molar-refractivity contribution in [3.63, 3.8) is 0 Å². The standard InChI is InChI=1S/C13H13IN4O/c1-2-16-12-8-15-7-11(18-12)13(19)17-10-5-3-4-9(14)6-10/h3-8H,2H2,1H3,(H,16,18)(H,17,19). The van der Waals surface area contributed by atoms with E-state index < -0.39 is 0 Å². The zero-order valence-electron chi connectivity index (χ0n) is 10.4. The fraction of sp³-hybridized carbons (Fsp3) is 0.154. The smallest absolute Gasteiger partial charge is 0.275 e. The van der Waals surface area contributed by atoms with Crippen LogP contribution in [0.15, 0.2) is 36.7 Å². The highest BCUT2D eigenvalue weighted by Gasteiger charge is 2.09. The van der Waals surface area contributed by atoms with Gasteiger partial charge in [-0.1, -0.05) is 6.07 Å². The zero-order valence-corrected chi connectivity index (χ0v) is 12.5. The van der Waals surface area contributed by atoms with Gasteiger partial charge in [-0.3, -0.25) is 9.78 Å². The molecule has 1 aromatic heterocycles. The summed E-state index contributed by atoms with van der Waals surface area (Å²) in [5.41, 5.74) is 1.03. The summed E-state index contributed by atoms with van der Waals surface area (Å²) in [7, 11) is 0. The lowest BCUT2D eigenvalue weighted by Gasteiger charge is -2.06. The lowest BCUT2D eigenvalue weighted by atomic mass is 10.3. The predicted molar refractivity (Wildman–Crippen MR) is 83.3 cm³/mol. The Labute approximate surface area is 125 Å². The molecule has 0 bridgehead atoms. The van der Waals surface area contributed by atoms with Gasteiger partial charge in [-0.2, -0.15) is 0 Å². The first-order chi connectivity index (χ1) is 9.19. The summed E-state index contributed by atoms with van der Waals surface area (Å²) in [6, 6.07) is 7.57. The monoisotopic (exact) mass is 368 g/mol. The van der Waals surface area contributed by atoms with Gasteiger partial charge in [-0.25, -0.2) is 4.98 Å². The molecule has 0 aliphatic carbocycles. The first-order valence-electron chi connectivity index (χ1n) is 5.82. The highest BCUT2D eigenvalue weighted by Crippen LogP contribution is 2.13. The maximum absolute atomic E-state index is 12.0. The van der Waals surface area contributed by atoms with Crippen LogP contribution >= 0.6 is 22.6 Å². The number of hydrogen-bond acceptors (Lipinski definition) is 4. The largest absolute Gasteiger partial charge is 0.369 e. The molecule has 1 heterocycles. The van der Waals surface area contributed by atoms with Crippen LogP contribution in [0.5, 0.6) is 0 Å². The lowest BCUT2D eigenvalue weighted by molar-refractivity contribution is 0.102. The molecule has 0 atom stereocenters. The number of anilines is 2. The van der Waals surface area contributed by atoms with E-state index in [4.69, 9.17) is 0 Å². The van der Waals surface area contributed by atoms with Gasteiger partial charge < -0.3 is 10.6 Å². The van der Waals surface area contributed by atoms with Crippen LogP contribution in [0, 0.1) is 3.57 Å². The number of rotatable bonds is 4. The van der Waals surface area contributed by atoms with Crippen LogP contribution in [0.25, 0.3) is 0 Å². The quantitative estimate of drug-likeness (QED) is 0.815. The number of carbonyl (C=O) groups is 1. The molecule has 2 N–H and O–H groups in total. The Hall–Kier alpha value is -1.70. The van der Waals surface area contributed by atoms with E-state index in [1.807, 2.05) is 31.2 Å². The first kappa shape index (κ1) is 13.7. The average molecular weight is 368 g/mol. The molecule has 1 amide bonds. The Bertz CT molecular complexity index is 588. The van der Waals surface area contributed by atoms with E-state index in [1.165, 1.54) is 6.20 Å². The number of nitrogens with one attached hydrogen (secondary N) is 2. The molecule has 0 saturated heterocycles. The Morgan fingerprint density at radius 3 is 2.95 bits per heavy atom. The van der Waals surface area contributed by atoms with Gasteiger partial charge in [-0.05, 0) is 47.7 Å². The van der Waals surface area contributed by atoms with E-state index in [9.17, 15) is 4.79 Å². The van der Waals surface area contributed by atoms with Crippen molar-refractivity contribution < 1.29 is 4.79 Å². The zero-order chi connectivity index (χ0) is 13.7. The second-order valence-electron chi connectivity index (χ2n) is 3.78. The van der Waals surface area contributed by atoms with E-state index >= 15 is 0 Å². The molecule has 2 aromatic rings. The summed E-state index contributed by atoms with van der Waals surface area (Å²) < 4.78 is 1.06. The molecular formula is C13H13IN4O. The van der Waals surface area contributed by atoms with Gasteiger partial charge in [0.05, 0.1) is 12.4 Å². The highest BCUT2D eigenvalue weighted by molar-refractivity contribution is 14.1. The molecule has 0 radical (unpaired) electrons. The summed E-state index contributed by atoms with van der Waals surface area (Å²) in [5, 5.41) is 5.82. The van der Waals surface area contributed by atoms with Crippen molar-refractivity contribution in [2.24, 2.45) is 0 Å². The molecule has 0 aliphatic heterocycles. The second kappa shape index (κ2) is 6.46. The van der Waals surface area contributed by atoms with Crippen molar-refractivity contribution in [2.75, 3.05) is 17.2 Å². The average Bonchev–Trinajstić information content (AvgIpc) is 2.39. The number of benzene rings is 1. The van der Waals surface area contributed by atoms with Crippen LogP contribution in [-0.4, -0.2) is 22.4 Å². The molecule has 5 nitrogen and oxygen atoms in total. The Kier molecular flexibility index (Phi) is 4.67. The van der Waals surface area contributed by atoms with Crippen LogP contribution in [0.2, 0.25) is 0 Å². The van der Waals surface area contributed by atoms with Crippen LogP contribution in [0.3, 0.4) is 0 Å². The van der Waals surface area contributed by atoms with Gasteiger partial charge in [0.15, 0.2) is 0 Å². The van der Waals surface area contributed by atoms with E-state index in [-0.39, 0.29) is 11.6 Å². The minimum absolute atomic E-state index is 0.269. The second-order valence-corrected chi connectivity index (χ2v) is 5.03. The maximum atomic E-state index is 12.0. The third kappa shape index (κ3) is 3.88. The summed E-state index contributed by atoms with van der Waals surface area (Å²) in [6.45, 7) is 2.69. The molecule has 0 unspecified atom stereocenters. The minimum Gasteiger partial charge on any atom is -0.369 e. The normalized spacial score (nSPS) is 10.0. The van der Waals surface area contributed by atoms with E-state index in [1.54, 1.807) is 6.20 Å². The lowest BCUT2D eigenvalue weighted by Crippen LogP contribution is -2.15. The van der Waals surface area contributed by atoms with Gasteiger partial charge in [0, 0.05) is 15.8 Å². The van der Waals surface area contributed by atoms with Crippen molar-refractivity contribution in [1.29, 1.82) is 0 Å². The van der Waals surface area contributed by atoms with Crippen LogP contribution in [0.1, 0.15) is 17.4 Å². The third-order valence-corrected chi connectivity index (χ3v) is 2.98. The van der Waals surface area contributed by atoms with E-state index in [0.717, 1.165) is 15.8 Å². The Morgan fingerprint density at radius 2 is 2.21 bits per heavy atom. The molecule has 98 valence electrons. The number of halogens is 1. The summed E-state index contributed by atoms with van der Waals surface area (Å²) >= 11 is 2.19. The first-order valence-corrected chi connectivity index (χ1v) is 6.89. The van der Waals surface area contributed by atoms with Crippen LogP contribution < -0.4 is 10.6 Å². The van der Waals surface area contributed by atoms with Gasteiger partial charge in [0.2, 0.25) is 0 Å². The fourth-order valence-electron chi connectivity index (χ4n) is 1.50. The minimum atomic E-state index is -0.269. The van der Waals surface area contributed by atoms with E-state index in [2.05, 4.69) is 43.2 Å². The Balaban J connectivity index is 2.13. The van der Waals surface area contributed by atoms with Gasteiger partial charge in [0.25, 0.3) is 5.91 Å². The van der Waals surface area contributed by atoms with Crippen molar-refractivity contribution in [3.05, 3.63) is 45.9 Å². The molecule has 0 spiro atoms. The number of carbonyl (C=O) groups excluding carboxylic acids is 1. The number of amides is 1. The van der Waals surface area contributed by atoms with Crippen molar-refractivity contribution in [1.82, 2.24) is 9.97 Å². The molecule has 6 heteroatoms. The summed E-state index contributed by atoms with van der Waals surface area (Å²) in [6.07, 6.45) is 3.04. The SMILES string of the molecule is CCNc1cncc(C(=O)Nc2cccc(I)c2)n1. The summed E-state index contributed by atoms with van der Waals surface area (Å²) in [4.78, 5) is 20.2. The molecule has 0 fully saturated rings. The fourth-order valence-corrected chi connectivity index (χ4v) is 2.05. The van der Waals surface area contributed by atoms with Gasteiger partial charge in [-0.15, -0.1) is 0 Å². The van der Waals surface area contributed by atoms with Crippen molar-refractivity contribution in [3.8, 4) is 0 Å². The molecule has 2 rings (SSSR count). The third-order valence-electron chi connectivity index (χ3n) is 2.31. The van der Waals surface area contributed by atoms with Crippen molar-refractivity contribution >= 4 is 40.0 Å². The number of nitrogens with zero attached hydrogens (tertiary/aromatic N) is 2.